The Morgan fingerprint density at radius 2 is 2.36 bits per heavy atom. The van der Waals surface area contributed by atoms with Crippen LogP contribution in [-0.2, 0) is 0 Å². The van der Waals surface area contributed by atoms with E-state index in [9.17, 15) is 4.39 Å². The number of rotatable bonds is 0. The molecule has 0 radical (unpaired) electrons. The molecule has 0 unspecified atom stereocenters. The Bertz CT molecular complexity index is 331. The number of anilines is 1. The molecule has 0 atom stereocenters. The Hall–Kier alpha value is -1.34. The number of hydrogen-bond acceptors (Lipinski definition) is 3. The van der Waals surface area contributed by atoms with E-state index in [2.05, 4.69) is 4.98 Å². The van der Waals surface area contributed by atoms with Crippen molar-refractivity contribution < 1.29 is 4.39 Å². The van der Waals surface area contributed by atoms with E-state index >= 15 is 0 Å². The fourth-order valence-corrected chi connectivity index (χ4v) is 0.746. The topological polar surface area (TPSA) is 62.7 Å². The van der Waals surface area contributed by atoms with Gasteiger partial charge in [0.05, 0.1) is 5.56 Å². The minimum Gasteiger partial charge on any atom is -0.381 e. The number of nitriles is 1. The van der Waals surface area contributed by atoms with Gasteiger partial charge in [0.1, 0.15) is 11.2 Å². The highest BCUT2D eigenvalue weighted by Crippen LogP contribution is 2.16. The zero-order chi connectivity index (χ0) is 8.43. The molecule has 1 aromatic heterocycles. The van der Waals surface area contributed by atoms with Crippen LogP contribution in [0.15, 0.2) is 6.07 Å². The molecule has 1 rings (SSSR count). The maximum Gasteiger partial charge on any atom is 0.166 e. The van der Waals surface area contributed by atoms with Crippen LogP contribution in [0.25, 0.3) is 0 Å². The molecular weight excluding hydrogens is 169 g/mol. The first kappa shape index (κ1) is 7.76. The third-order valence-electron chi connectivity index (χ3n) is 1.08. The van der Waals surface area contributed by atoms with E-state index in [1.165, 1.54) is 0 Å². The van der Waals surface area contributed by atoms with Crippen molar-refractivity contribution in [3.05, 3.63) is 22.6 Å². The Morgan fingerprint density at radius 1 is 1.73 bits per heavy atom. The first-order valence-corrected chi connectivity index (χ1v) is 3.04. The molecule has 1 heterocycles. The second-order valence-corrected chi connectivity index (χ2v) is 2.16. The summed E-state index contributed by atoms with van der Waals surface area (Å²) < 4.78 is 12.5. The standard InChI is InChI=1S/C6H3ClFN3/c7-5-3(2-9)1-4(8)6(10)11-5/h1H,(H2,10,11). The fourth-order valence-electron chi connectivity index (χ4n) is 0.558. The minimum absolute atomic E-state index is 0.0154. The molecular formula is C6H3ClFN3. The number of hydrogen-bond donors (Lipinski definition) is 1. The zero-order valence-electron chi connectivity index (χ0n) is 5.31. The molecule has 1 aromatic rings. The summed E-state index contributed by atoms with van der Waals surface area (Å²) in [5, 5.41) is 8.27. The van der Waals surface area contributed by atoms with Crippen LogP contribution in [0.3, 0.4) is 0 Å². The van der Waals surface area contributed by atoms with Crippen LogP contribution in [0, 0.1) is 17.1 Å². The summed E-state index contributed by atoms with van der Waals surface area (Å²) >= 11 is 5.42. The van der Waals surface area contributed by atoms with Crippen molar-refractivity contribution in [1.82, 2.24) is 4.98 Å². The van der Waals surface area contributed by atoms with E-state index < -0.39 is 5.82 Å². The van der Waals surface area contributed by atoms with Crippen LogP contribution < -0.4 is 5.73 Å². The van der Waals surface area contributed by atoms with Gasteiger partial charge in [0.25, 0.3) is 0 Å². The average Bonchev–Trinajstić information content (AvgIpc) is 1.97. The van der Waals surface area contributed by atoms with Crippen LogP contribution in [0.4, 0.5) is 10.2 Å². The van der Waals surface area contributed by atoms with Crippen molar-refractivity contribution in [2.45, 2.75) is 0 Å². The van der Waals surface area contributed by atoms with Gasteiger partial charge in [0.2, 0.25) is 0 Å². The molecule has 5 heteroatoms. The van der Waals surface area contributed by atoms with Crippen molar-refractivity contribution in [2.75, 3.05) is 5.73 Å². The largest absolute Gasteiger partial charge is 0.381 e. The highest BCUT2D eigenvalue weighted by atomic mass is 35.5. The SMILES string of the molecule is N#Cc1cc(F)c(N)nc1Cl. The lowest BCUT2D eigenvalue weighted by atomic mass is 10.3. The van der Waals surface area contributed by atoms with Crippen LogP contribution in [0.5, 0.6) is 0 Å². The molecule has 0 spiro atoms. The highest BCUT2D eigenvalue weighted by Gasteiger charge is 2.06. The van der Waals surface area contributed by atoms with E-state index in [1.54, 1.807) is 6.07 Å². The molecule has 3 nitrogen and oxygen atoms in total. The summed E-state index contributed by atoms with van der Waals surface area (Å²) in [5.41, 5.74) is 5.05. The van der Waals surface area contributed by atoms with Gasteiger partial charge >= 0.3 is 0 Å². The molecule has 56 valence electrons. The van der Waals surface area contributed by atoms with E-state index in [0.29, 0.717) is 0 Å². The monoisotopic (exact) mass is 171 g/mol. The van der Waals surface area contributed by atoms with Crippen molar-refractivity contribution >= 4 is 17.4 Å². The molecule has 0 bridgehead atoms. The van der Waals surface area contributed by atoms with E-state index in [-0.39, 0.29) is 16.5 Å². The lowest BCUT2D eigenvalue weighted by Gasteiger charge is -1.96. The number of pyridine rings is 1. The maximum absolute atomic E-state index is 12.5. The smallest absolute Gasteiger partial charge is 0.166 e. The Balaban J connectivity index is 3.35. The summed E-state index contributed by atoms with van der Waals surface area (Å²) in [4.78, 5) is 3.39. The molecule has 0 aromatic carbocycles. The third-order valence-corrected chi connectivity index (χ3v) is 1.37. The van der Waals surface area contributed by atoms with Crippen molar-refractivity contribution in [2.24, 2.45) is 0 Å². The molecule has 0 fully saturated rings. The molecule has 11 heavy (non-hydrogen) atoms. The number of nitrogens with two attached hydrogens (primary N) is 1. The number of nitrogen functional groups attached to an aromatic ring is 1. The number of aromatic nitrogens is 1. The second kappa shape index (κ2) is 2.72. The Morgan fingerprint density at radius 3 is 2.91 bits per heavy atom. The molecule has 0 aliphatic carbocycles. The number of nitrogens with zero attached hydrogens (tertiary/aromatic N) is 2. The summed E-state index contributed by atoms with van der Waals surface area (Å²) in [5.74, 6) is -1.03. The Kier molecular flexibility index (Phi) is 1.92. The first-order chi connectivity index (χ1) is 5.15. The summed E-state index contributed by atoms with van der Waals surface area (Å²) in [6, 6.07) is 2.62. The summed E-state index contributed by atoms with van der Waals surface area (Å²) in [6.07, 6.45) is 0. The van der Waals surface area contributed by atoms with Gasteiger partial charge in [-0.25, -0.2) is 9.37 Å². The highest BCUT2D eigenvalue weighted by molar-refractivity contribution is 6.30. The average molecular weight is 172 g/mol. The van der Waals surface area contributed by atoms with Crippen molar-refractivity contribution in [3.8, 4) is 6.07 Å². The summed E-state index contributed by atoms with van der Waals surface area (Å²) in [7, 11) is 0. The van der Waals surface area contributed by atoms with Crippen LogP contribution in [-0.4, -0.2) is 4.98 Å². The van der Waals surface area contributed by atoms with Crippen LogP contribution >= 0.6 is 11.6 Å². The minimum atomic E-state index is -0.731. The fraction of sp³-hybridized carbons (Fsp3) is 0. The molecule has 0 saturated carbocycles. The van der Waals surface area contributed by atoms with Gasteiger partial charge in [-0.05, 0) is 6.07 Å². The molecule has 0 saturated heterocycles. The van der Waals surface area contributed by atoms with Gasteiger partial charge in [0, 0.05) is 0 Å². The van der Waals surface area contributed by atoms with Gasteiger partial charge < -0.3 is 5.73 Å². The van der Waals surface area contributed by atoms with Crippen molar-refractivity contribution in [3.63, 3.8) is 0 Å². The van der Waals surface area contributed by atoms with E-state index in [4.69, 9.17) is 22.6 Å². The Labute approximate surface area is 67.2 Å². The maximum atomic E-state index is 12.5. The zero-order valence-corrected chi connectivity index (χ0v) is 6.06. The summed E-state index contributed by atoms with van der Waals surface area (Å²) in [6.45, 7) is 0. The molecule has 0 amide bonds. The van der Waals surface area contributed by atoms with Crippen LogP contribution in [0.1, 0.15) is 5.56 Å². The van der Waals surface area contributed by atoms with Gasteiger partial charge in [-0.15, -0.1) is 0 Å². The second-order valence-electron chi connectivity index (χ2n) is 1.81. The van der Waals surface area contributed by atoms with Gasteiger partial charge in [0.15, 0.2) is 11.6 Å². The van der Waals surface area contributed by atoms with E-state index in [1.807, 2.05) is 0 Å². The normalized spacial score (nSPS) is 9.18. The molecule has 2 N–H and O–H groups in total. The van der Waals surface area contributed by atoms with Gasteiger partial charge in [-0.1, -0.05) is 11.6 Å². The lowest BCUT2D eigenvalue weighted by molar-refractivity contribution is 0.626. The molecule has 0 aliphatic heterocycles. The predicted molar refractivity (Wildman–Crippen MR) is 38.3 cm³/mol. The van der Waals surface area contributed by atoms with Gasteiger partial charge in [-0.3, -0.25) is 0 Å². The van der Waals surface area contributed by atoms with Gasteiger partial charge in [-0.2, -0.15) is 5.26 Å². The first-order valence-electron chi connectivity index (χ1n) is 2.66. The van der Waals surface area contributed by atoms with Crippen molar-refractivity contribution in [1.29, 1.82) is 5.26 Å². The van der Waals surface area contributed by atoms with E-state index in [0.717, 1.165) is 6.07 Å². The number of halogens is 2. The predicted octanol–water partition coefficient (Wildman–Crippen LogP) is 1.33. The third kappa shape index (κ3) is 1.38. The quantitative estimate of drug-likeness (QED) is 0.599. The van der Waals surface area contributed by atoms with Crippen LogP contribution in [0.2, 0.25) is 5.15 Å². The lowest BCUT2D eigenvalue weighted by Crippen LogP contribution is -1.96. The molecule has 0 aliphatic rings.